The number of nitrogens with zero attached hydrogens (tertiary/aromatic N) is 1. The zero-order valence-electron chi connectivity index (χ0n) is 10.4. The van der Waals surface area contributed by atoms with E-state index in [1.807, 2.05) is 18.2 Å². The number of rotatable bonds is 4. The number of anilines is 1. The van der Waals surface area contributed by atoms with Crippen molar-refractivity contribution in [3.8, 4) is 0 Å². The van der Waals surface area contributed by atoms with Crippen molar-refractivity contribution >= 4 is 22.9 Å². The maximum absolute atomic E-state index is 5.52. The summed E-state index contributed by atoms with van der Waals surface area (Å²) in [5, 5.41) is 3.48. The molecular weight excluding hydrogens is 254 g/mol. The van der Waals surface area contributed by atoms with E-state index in [0.29, 0.717) is 22.6 Å². The third-order valence-electron chi connectivity index (χ3n) is 3.39. The molecule has 2 aromatic rings. The van der Waals surface area contributed by atoms with Crippen molar-refractivity contribution in [1.82, 2.24) is 4.98 Å². The molecule has 1 aromatic carbocycles. The molecule has 0 saturated heterocycles. The minimum atomic E-state index is 0.333. The minimum absolute atomic E-state index is 0.333. The maximum atomic E-state index is 5.52. The van der Waals surface area contributed by atoms with E-state index in [4.69, 9.17) is 18.0 Å². The number of pyridine rings is 1. The van der Waals surface area contributed by atoms with Gasteiger partial charge < -0.3 is 11.1 Å². The van der Waals surface area contributed by atoms with Gasteiger partial charge in [-0.3, -0.25) is 4.98 Å². The zero-order valence-corrected chi connectivity index (χ0v) is 11.2. The highest BCUT2D eigenvalue weighted by molar-refractivity contribution is 7.80. The molecule has 0 spiro atoms. The lowest BCUT2D eigenvalue weighted by atomic mass is 10.1. The molecule has 1 fully saturated rings. The van der Waals surface area contributed by atoms with Crippen molar-refractivity contribution in [3.63, 3.8) is 0 Å². The van der Waals surface area contributed by atoms with Gasteiger partial charge in [0.15, 0.2) is 0 Å². The molecule has 1 heterocycles. The number of hydrogen-bond acceptors (Lipinski definition) is 3. The van der Waals surface area contributed by atoms with Crippen molar-refractivity contribution in [1.29, 1.82) is 0 Å². The van der Waals surface area contributed by atoms with Crippen LogP contribution in [0.2, 0.25) is 0 Å². The Labute approximate surface area is 117 Å². The number of benzene rings is 1. The average molecular weight is 269 g/mol. The molecule has 2 unspecified atom stereocenters. The molecule has 1 aliphatic rings. The molecule has 2 atom stereocenters. The van der Waals surface area contributed by atoms with Crippen LogP contribution in [0.3, 0.4) is 0 Å². The van der Waals surface area contributed by atoms with Crippen LogP contribution in [0.4, 0.5) is 5.69 Å². The monoisotopic (exact) mass is 269 g/mol. The Hall–Kier alpha value is -1.94. The number of nitrogens with one attached hydrogen (secondary N) is 1. The molecule has 4 heteroatoms. The maximum Gasteiger partial charge on any atom is 0.122 e. The summed E-state index contributed by atoms with van der Waals surface area (Å²) in [4.78, 5) is 4.56. The van der Waals surface area contributed by atoms with Gasteiger partial charge in [0.05, 0.1) is 17.6 Å². The summed E-state index contributed by atoms with van der Waals surface area (Å²) in [5.74, 6) is 0.608. The highest BCUT2D eigenvalue weighted by atomic mass is 32.1. The first kappa shape index (κ1) is 12.1. The van der Waals surface area contributed by atoms with Crippen LogP contribution in [-0.2, 0) is 0 Å². The molecule has 0 radical (unpaired) electrons. The molecular formula is C15H15N3S. The molecule has 3 rings (SSSR count). The van der Waals surface area contributed by atoms with Crippen LogP contribution < -0.4 is 11.1 Å². The minimum Gasteiger partial charge on any atom is -0.388 e. The van der Waals surface area contributed by atoms with Gasteiger partial charge in [-0.25, -0.2) is 0 Å². The summed E-state index contributed by atoms with van der Waals surface area (Å²) < 4.78 is 0. The van der Waals surface area contributed by atoms with E-state index in [-0.39, 0.29) is 0 Å². The van der Waals surface area contributed by atoms with E-state index in [9.17, 15) is 0 Å². The van der Waals surface area contributed by atoms with Gasteiger partial charge in [0.25, 0.3) is 0 Å². The topological polar surface area (TPSA) is 50.9 Å². The molecule has 3 N–H and O–H groups in total. The summed E-state index contributed by atoms with van der Waals surface area (Å²) in [6, 6.07) is 14.9. The summed E-state index contributed by atoms with van der Waals surface area (Å²) in [7, 11) is 0. The predicted molar refractivity (Wildman–Crippen MR) is 81.3 cm³/mol. The third-order valence-corrected chi connectivity index (χ3v) is 3.60. The molecule has 96 valence electrons. The molecule has 1 aromatic heterocycles. The number of nitrogens with two attached hydrogens (primary N) is 1. The van der Waals surface area contributed by atoms with E-state index in [0.717, 1.165) is 5.69 Å². The van der Waals surface area contributed by atoms with E-state index in [2.05, 4.69) is 34.6 Å². The molecule has 19 heavy (non-hydrogen) atoms. The molecule has 0 amide bonds. The van der Waals surface area contributed by atoms with Crippen LogP contribution >= 0.6 is 12.2 Å². The van der Waals surface area contributed by atoms with E-state index in [1.165, 1.54) is 12.0 Å². The highest BCUT2D eigenvalue weighted by Gasteiger charge is 2.38. The van der Waals surface area contributed by atoms with Gasteiger partial charge in [-0.05, 0) is 24.1 Å². The van der Waals surface area contributed by atoms with E-state index in [1.54, 1.807) is 6.20 Å². The Bertz CT molecular complexity index is 580. The van der Waals surface area contributed by atoms with Gasteiger partial charge in [-0.1, -0.05) is 42.5 Å². The van der Waals surface area contributed by atoms with Crippen LogP contribution in [0.25, 0.3) is 0 Å². The normalized spacial score (nSPS) is 20.8. The van der Waals surface area contributed by atoms with Gasteiger partial charge in [0.1, 0.15) is 4.99 Å². The van der Waals surface area contributed by atoms with Crippen LogP contribution in [0, 0.1) is 0 Å². The molecule has 1 aliphatic carbocycles. The summed E-state index contributed by atoms with van der Waals surface area (Å²) >= 11 is 4.88. The van der Waals surface area contributed by atoms with Gasteiger partial charge in [-0.2, -0.15) is 0 Å². The summed E-state index contributed by atoms with van der Waals surface area (Å²) in [6.07, 6.45) is 2.95. The molecule has 0 aliphatic heterocycles. The quantitative estimate of drug-likeness (QED) is 0.838. The van der Waals surface area contributed by atoms with Gasteiger partial charge in [0.2, 0.25) is 0 Å². The SMILES string of the molecule is NC(=S)c1ccc(NC2CC2c2ccccc2)cn1. The summed E-state index contributed by atoms with van der Waals surface area (Å²) in [6.45, 7) is 0. The number of aromatic nitrogens is 1. The standard InChI is InChI=1S/C15H15N3S/c16-15(19)13-7-6-11(9-17-13)18-14-8-12(14)10-4-2-1-3-5-10/h1-7,9,12,14,18H,8H2,(H2,16,19). The van der Waals surface area contributed by atoms with Crippen LogP contribution in [0.5, 0.6) is 0 Å². The second-order valence-corrected chi connectivity index (χ2v) is 5.24. The van der Waals surface area contributed by atoms with Crippen LogP contribution in [-0.4, -0.2) is 16.0 Å². The Morgan fingerprint density at radius 1 is 1.21 bits per heavy atom. The van der Waals surface area contributed by atoms with Crippen molar-refractivity contribution in [3.05, 3.63) is 59.9 Å². The lowest BCUT2D eigenvalue weighted by Gasteiger charge is -2.06. The Balaban J connectivity index is 1.63. The van der Waals surface area contributed by atoms with Crippen molar-refractivity contribution in [2.45, 2.75) is 18.4 Å². The fourth-order valence-corrected chi connectivity index (χ4v) is 2.38. The first-order valence-electron chi connectivity index (χ1n) is 6.31. The van der Waals surface area contributed by atoms with Crippen molar-refractivity contribution in [2.24, 2.45) is 5.73 Å². The van der Waals surface area contributed by atoms with Crippen LogP contribution in [0.1, 0.15) is 23.6 Å². The van der Waals surface area contributed by atoms with Gasteiger partial charge in [0, 0.05) is 12.0 Å². The first-order valence-corrected chi connectivity index (χ1v) is 6.72. The predicted octanol–water partition coefficient (Wildman–Crippen LogP) is 2.68. The lowest BCUT2D eigenvalue weighted by molar-refractivity contribution is 1.04. The number of hydrogen-bond donors (Lipinski definition) is 2. The number of thiocarbonyl (C=S) groups is 1. The second-order valence-electron chi connectivity index (χ2n) is 4.80. The van der Waals surface area contributed by atoms with Crippen molar-refractivity contribution < 1.29 is 0 Å². The van der Waals surface area contributed by atoms with Crippen LogP contribution in [0.15, 0.2) is 48.7 Å². The largest absolute Gasteiger partial charge is 0.388 e. The Morgan fingerprint density at radius 3 is 2.63 bits per heavy atom. The third kappa shape index (κ3) is 2.74. The fourth-order valence-electron chi connectivity index (χ4n) is 2.26. The Kier molecular flexibility index (Phi) is 3.17. The van der Waals surface area contributed by atoms with Gasteiger partial charge >= 0.3 is 0 Å². The second kappa shape index (κ2) is 4.97. The molecule has 0 bridgehead atoms. The highest BCUT2D eigenvalue weighted by Crippen LogP contribution is 2.42. The Morgan fingerprint density at radius 2 is 2.00 bits per heavy atom. The summed E-state index contributed by atoms with van der Waals surface area (Å²) in [5.41, 5.74) is 8.60. The van der Waals surface area contributed by atoms with E-state index < -0.39 is 0 Å². The van der Waals surface area contributed by atoms with E-state index >= 15 is 0 Å². The zero-order chi connectivity index (χ0) is 13.2. The van der Waals surface area contributed by atoms with Crippen molar-refractivity contribution in [2.75, 3.05) is 5.32 Å². The average Bonchev–Trinajstić information content (AvgIpc) is 3.20. The first-order chi connectivity index (χ1) is 9.24. The fraction of sp³-hybridized carbons (Fsp3) is 0.200. The smallest absolute Gasteiger partial charge is 0.122 e. The molecule has 1 saturated carbocycles. The lowest BCUT2D eigenvalue weighted by Crippen LogP contribution is -2.12. The van der Waals surface area contributed by atoms with Gasteiger partial charge in [-0.15, -0.1) is 0 Å². The molecule has 3 nitrogen and oxygen atoms in total.